The highest BCUT2D eigenvalue weighted by molar-refractivity contribution is 4.84. The van der Waals surface area contributed by atoms with Gasteiger partial charge in [0.05, 0.1) is 0 Å². The van der Waals surface area contributed by atoms with E-state index in [0.717, 1.165) is 23.9 Å². The zero-order valence-electron chi connectivity index (χ0n) is 11.9. The van der Waals surface area contributed by atoms with Crippen LogP contribution >= 0.6 is 0 Å². The van der Waals surface area contributed by atoms with E-state index in [-0.39, 0.29) is 0 Å². The second-order valence-electron chi connectivity index (χ2n) is 6.50. The molecule has 2 nitrogen and oxygen atoms in total. The monoisotopic (exact) mass is 238 g/mol. The van der Waals surface area contributed by atoms with E-state index in [1.165, 1.54) is 51.7 Å². The number of rotatable bonds is 5. The van der Waals surface area contributed by atoms with Gasteiger partial charge in [-0.15, -0.1) is 0 Å². The molecule has 0 amide bonds. The van der Waals surface area contributed by atoms with Gasteiger partial charge >= 0.3 is 0 Å². The zero-order chi connectivity index (χ0) is 12.3. The van der Waals surface area contributed by atoms with Gasteiger partial charge in [-0.05, 0) is 64.0 Å². The van der Waals surface area contributed by atoms with Gasteiger partial charge in [-0.25, -0.2) is 0 Å². The summed E-state index contributed by atoms with van der Waals surface area (Å²) in [5.41, 5.74) is 0. The van der Waals surface area contributed by atoms with E-state index in [9.17, 15) is 0 Å². The summed E-state index contributed by atoms with van der Waals surface area (Å²) >= 11 is 0. The maximum Gasteiger partial charge on any atom is 0.0192 e. The van der Waals surface area contributed by atoms with Crippen molar-refractivity contribution in [1.29, 1.82) is 0 Å². The van der Waals surface area contributed by atoms with Crippen molar-refractivity contribution in [2.24, 2.45) is 11.8 Å². The van der Waals surface area contributed by atoms with Crippen LogP contribution in [0, 0.1) is 11.8 Å². The van der Waals surface area contributed by atoms with Crippen LogP contribution in [0.1, 0.15) is 52.9 Å². The van der Waals surface area contributed by atoms with Crippen molar-refractivity contribution in [2.75, 3.05) is 19.6 Å². The summed E-state index contributed by atoms with van der Waals surface area (Å²) in [4.78, 5) is 2.71. The number of nitrogens with zero attached hydrogens (tertiary/aromatic N) is 1. The SMILES string of the molecule is CC(C)C1CCCN(C(C)CNC2CC2)CC1. The second-order valence-corrected chi connectivity index (χ2v) is 6.50. The van der Waals surface area contributed by atoms with Crippen molar-refractivity contribution in [3.05, 3.63) is 0 Å². The van der Waals surface area contributed by atoms with E-state index in [0.29, 0.717) is 0 Å². The van der Waals surface area contributed by atoms with E-state index < -0.39 is 0 Å². The molecular weight excluding hydrogens is 208 g/mol. The topological polar surface area (TPSA) is 15.3 Å². The lowest BCUT2D eigenvalue weighted by Gasteiger charge is -2.28. The third-order valence-corrected chi connectivity index (χ3v) is 4.65. The minimum Gasteiger partial charge on any atom is -0.312 e. The molecule has 1 aliphatic heterocycles. The number of hydrogen-bond acceptors (Lipinski definition) is 2. The fourth-order valence-electron chi connectivity index (χ4n) is 3.01. The molecule has 1 saturated heterocycles. The summed E-state index contributed by atoms with van der Waals surface area (Å²) in [5, 5.41) is 3.67. The molecule has 2 rings (SSSR count). The molecule has 2 fully saturated rings. The molecule has 0 spiro atoms. The Morgan fingerprint density at radius 3 is 2.47 bits per heavy atom. The first-order valence-corrected chi connectivity index (χ1v) is 7.64. The Kier molecular flexibility index (Phi) is 4.87. The van der Waals surface area contributed by atoms with Crippen LogP contribution in [0.5, 0.6) is 0 Å². The highest BCUT2D eigenvalue weighted by atomic mass is 15.2. The molecule has 2 aliphatic rings. The molecule has 17 heavy (non-hydrogen) atoms. The molecule has 0 aromatic rings. The fourth-order valence-corrected chi connectivity index (χ4v) is 3.01. The highest BCUT2D eigenvalue weighted by Crippen LogP contribution is 2.25. The molecule has 100 valence electrons. The second kappa shape index (κ2) is 6.19. The molecule has 2 atom stereocenters. The van der Waals surface area contributed by atoms with Gasteiger partial charge in [0.1, 0.15) is 0 Å². The summed E-state index contributed by atoms with van der Waals surface area (Å²) in [6.07, 6.45) is 7.06. The van der Waals surface area contributed by atoms with Crippen LogP contribution in [-0.4, -0.2) is 36.6 Å². The van der Waals surface area contributed by atoms with Crippen molar-refractivity contribution in [3.8, 4) is 0 Å². The minimum absolute atomic E-state index is 0.724. The van der Waals surface area contributed by atoms with Gasteiger partial charge in [0.2, 0.25) is 0 Å². The standard InChI is InChI=1S/C15H30N2/c1-12(2)14-5-4-9-17(10-8-14)13(3)11-16-15-6-7-15/h12-16H,4-11H2,1-3H3. The first kappa shape index (κ1) is 13.4. The molecule has 0 aromatic carbocycles. The lowest BCUT2D eigenvalue weighted by molar-refractivity contribution is 0.206. The number of likely N-dealkylation sites (tertiary alicyclic amines) is 1. The lowest BCUT2D eigenvalue weighted by Crippen LogP contribution is -2.41. The number of hydrogen-bond donors (Lipinski definition) is 1. The van der Waals surface area contributed by atoms with Crippen LogP contribution in [0.2, 0.25) is 0 Å². The van der Waals surface area contributed by atoms with Crippen LogP contribution in [0.25, 0.3) is 0 Å². The van der Waals surface area contributed by atoms with E-state index in [1.807, 2.05) is 0 Å². The minimum atomic E-state index is 0.724. The average Bonchev–Trinajstić information content (AvgIpc) is 3.12. The normalized spacial score (nSPS) is 29.3. The third-order valence-electron chi connectivity index (χ3n) is 4.65. The zero-order valence-corrected chi connectivity index (χ0v) is 11.9. The van der Waals surface area contributed by atoms with E-state index >= 15 is 0 Å². The van der Waals surface area contributed by atoms with Gasteiger partial charge in [0.25, 0.3) is 0 Å². The molecule has 0 aromatic heterocycles. The maximum absolute atomic E-state index is 3.67. The summed E-state index contributed by atoms with van der Waals surface area (Å²) in [6, 6.07) is 1.58. The Bertz CT molecular complexity index is 223. The van der Waals surface area contributed by atoms with Crippen molar-refractivity contribution in [3.63, 3.8) is 0 Å². The molecule has 2 heteroatoms. The molecule has 1 saturated carbocycles. The van der Waals surface area contributed by atoms with Crippen molar-refractivity contribution < 1.29 is 0 Å². The van der Waals surface area contributed by atoms with Gasteiger partial charge in [-0.3, -0.25) is 4.90 Å². The number of nitrogens with one attached hydrogen (secondary N) is 1. The van der Waals surface area contributed by atoms with Gasteiger partial charge < -0.3 is 5.32 Å². The predicted octanol–water partition coefficient (Wildman–Crippen LogP) is 2.89. The van der Waals surface area contributed by atoms with Gasteiger partial charge in [-0.2, -0.15) is 0 Å². The van der Waals surface area contributed by atoms with Crippen LogP contribution in [0.3, 0.4) is 0 Å². The van der Waals surface area contributed by atoms with Crippen LogP contribution in [-0.2, 0) is 0 Å². The molecule has 1 N–H and O–H groups in total. The summed E-state index contributed by atoms with van der Waals surface area (Å²) in [7, 11) is 0. The Balaban J connectivity index is 1.72. The van der Waals surface area contributed by atoms with E-state index in [2.05, 4.69) is 31.0 Å². The third kappa shape index (κ3) is 4.26. The van der Waals surface area contributed by atoms with Crippen LogP contribution in [0.4, 0.5) is 0 Å². The van der Waals surface area contributed by atoms with Gasteiger partial charge in [-0.1, -0.05) is 13.8 Å². The summed E-state index contributed by atoms with van der Waals surface area (Å²) < 4.78 is 0. The first-order valence-electron chi connectivity index (χ1n) is 7.64. The molecule has 0 bridgehead atoms. The Hall–Kier alpha value is -0.0800. The van der Waals surface area contributed by atoms with E-state index in [1.54, 1.807) is 0 Å². The van der Waals surface area contributed by atoms with E-state index in [4.69, 9.17) is 0 Å². The van der Waals surface area contributed by atoms with Gasteiger partial charge in [0.15, 0.2) is 0 Å². The largest absolute Gasteiger partial charge is 0.312 e. The van der Waals surface area contributed by atoms with Crippen LogP contribution < -0.4 is 5.32 Å². The summed E-state index contributed by atoms with van der Waals surface area (Å²) in [6.45, 7) is 11.0. The Morgan fingerprint density at radius 1 is 1.06 bits per heavy atom. The lowest BCUT2D eigenvalue weighted by atomic mass is 9.89. The molecule has 1 aliphatic carbocycles. The van der Waals surface area contributed by atoms with Crippen molar-refractivity contribution >= 4 is 0 Å². The maximum atomic E-state index is 3.67. The quantitative estimate of drug-likeness (QED) is 0.792. The highest BCUT2D eigenvalue weighted by Gasteiger charge is 2.25. The van der Waals surface area contributed by atoms with Crippen LogP contribution in [0.15, 0.2) is 0 Å². The summed E-state index contributed by atoms with van der Waals surface area (Å²) in [5.74, 6) is 1.83. The molecule has 1 heterocycles. The Morgan fingerprint density at radius 2 is 1.82 bits per heavy atom. The van der Waals surface area contributed by atoms with Crippen molar-refractivity contribution in [2.45, 2.75) is 65.0 Å². The van der Waals surface area contributed by atoms with Crippen molar-refractivity contribution in [1.82, 2.24) is 10.2 Å². The first-order chi connectivity index (χ1) is 8.16. The van der Waals surface area contributed by atoms with Gasteiger partial charge in [0, 0.05) is 18.6 Å². The Labute approximate surface area is 107 Å². The molecular formula is C15H30N2. The smallest absolute Gasteiger partial charge is 0.0192 e. The fraction of sp³-hybridized carbons (Fsp3) is 1.00. The molecule has 2 unspecified atom stereocenters. The molecule has 0 radical (unpaired) electrons. The average molecular weight is 238 g/mol. The predicted molar refractivity (Wildman–Crippen MR) is 74.2 cm³/mol.